The maximum absolute atomic E-state index is 13.2. The van der Waals surface area contributed by atoms with E-state index in [1.807, 2.05) is 35.9 Å². The smallest absolute Gasteiger partial charge is 0.310 e. The first kappa shape index (κ1) is 25.2. The first-order chi connectivity index (χ1) is 17.4. The summed E-state index contributed by atoms with van der Waals surface area (Å²) >= 11 is 0. The van der Waals surface area contributed by atoms with Crippen LogP contribution in [-0.4, -0.2) is 70.3 Å². The van der Waals surface area contributed by atoms with Crippen molar-refractivity contribution >= 4 is 23.4 Å². The fraction of sp³-hybridized carbons (Fsp3) is 0.407. The predicted molar refractivity (Wildman–Crippen MR) is 134 cm³/mol. The Labute approximate surface area is 210 Å². The molecule has 3 heterocycles. The Morgan fingerprint density at radius 1 is 1.17 bits per heavy atom. The van der Waals surface area contributed by atoms with Crippen LogP contribution in [0, 0.1) is 12.8 Å². The number of carbonyl (C=O) groups is 3. The van der Waals surface area contributed by atoms with E-state index in [2.05, 4.69) is 4.98 Å². The number of aromatic nitrogens is 2. The lowest BCUT2D eigenvalue weighted by Crippen LogP contribution is -2.47. The third-order valence-corrected chi connectivity index (χ3v) is 6.33. The van der Waals surface area contributed by atoms with Gasteiger partial charge >= 0.3 is 5.97 Å². The monoisotopic (exact) mass is 492 g/mol. The summed E-state index contributed by atoms with van der Waals surface area (Å²) in [5.41, 5.74) is 3.04. The average Bonchev–Trinajstić information content (AvgIpc) is 3.32. The summed E-state index contributed by atoms with van der Waals surface area (Å²) in [6.45, 7) is 5.08. The number of fused-ring (bicyclic) bond motifs is 1. The van der Waals surface area contributed by atoms with Crippen LogP contribution in [0.25, 0.3) is 5.65 Å². The summed E-state index contributed by atoms with van der Waals surface area (Å²) in [5.74, 6) is -0.676. The number of carbonyl (C=O) groups excluding carboxylic acids is 3. The number of likely N-dealkylation sites (N-methyl/N-ethyl adjacent to an activating group) is 1. The van der Waals surface area contributed by atoms with Gasteiger partial charge in [0.2, 0.25) is 5.91 Å². The number of benzene rings is 1. The van der Waals surface area contributed by atoms with Gasteiger partial charge in [-0.1, -0.05) is 18.2 Å². The van der Waals surface area contributed by atoms with Crippen LogP contribution >= 0.6 is 0 Å². The first-order valence-electron chi connectivity index (χ1n) is 12.2. The standard InChI is InChI=1S/C27H32N4O5/c1-4-35-27(34)20-10-8-13-30(15-20)24(32)17-29(3)26(33)22-11-5-6-12-23(22)36-18-21-16-31-14-7-9-19(2)25(31)28-21/h5-7,9,11-12,14,16,20H,4,8,10,13,15,17-18H2,1-3H3. The van der Waals surface area contributed by atoms with Crippen molar-refractivity contribution in [3.63, 3.8) is 0 Å². The predicted octanol–water partition coefficient (Wildman–Crippen LogP) is 3.10. The number of amides is 2. The molecule has 1 aliphatic heterocycles. The minimum Gasteiger partial charge on any atom is -0.486 e. The molecular formula is C27H32N4O5. The van der Waals surface area contributed by atoms with Crippen LogP contribution in [0.15, 0.2) is 48.8 Å². The molecule has 9 heteroatoms. The fourth-order valence-electron chi connectivity index (χ4n) is 4.43. The summed E-state index contributed by atoms with van der Waals surface area (Å²) < 4.78 is 13.0. The Morgan fingerprint density at radius 3 is 2.75 bits per heavy atom. The molecule has 9 nitrogen and oxygen atoms in total. The van der Waals surface area contributed by atoms with Gasteiger partial charge in [-0.15, -0.1) is 0 Å². The van der Waals surface area contributed by atoms with E-state index in [0.717, 1.165) is 23.3 Å². The number of ether oxygens (including phenoxy) is 2. The quantitative estimate of drug-likeness (QED) is 0.449. The van der Waals surface area contributed by atoms with Gasteiger partial charge in [0.1, 0.15) is 18.0 Å². The van der Waals surface area contributed by atoms with Crippen LogP contribution in [0.2, 0.25) is 0 Å². The van der Waals surface area contributed by atoms with Crippen LogP contribution in [-0.2, 0) is 20.9 Å². The number of hydrogen-bond acceptors (Lipinski definition) is 6. The van der Waals surface area contributed by atoms with E-state index in [1.54, 1.807) is 43.1 Å². The molecule has 36 heavy (non-hydrogen) atoms. The minimum atomic E-state index is -0.318. The number of esters is 1. The van der Waals surface area contributed by atoms with Gasteiger partial charge in [0.15, 0.2) is 0 Å². The molecule has 2 amide bonds. The van der Waals surface area contributed by atoms with E-state index in [-0.39, 0.29) is 36.9 Å². The Kier molecular flexibility index (Phi) is 7.87. The van der Waals surface area contributed by atoms with Gasteiger partial charge in [-0.05, 0) is 50.5 Å². The summed E-state index contributed by atoms with van der Waals surface area (Å²) in [6.07, 6.45) is 5.26. The molecule has 1 fully saturated rings. The van der Waals surface area contributed by atoms with Gasteiger partial charge in [-0.2, -0.15) is 0 Å². The fourth-order valence-corrected chi connectivity index (χ4v) is 4.43. The Balaban J connectivity index is 1.39. The molecule has 2 aromatic heterocycles. The number of para-hydroxylation sites is 1. The second-order valence-electron chi connectivity index (χ2n) is 9.03. The minimum absolute atomic E-state index is 0.0889. The Bertz CT molecular complexity index is 1250. The molecule has 0 spiro atoms. The van der Waals surface area contributed by atoms with E-state index in [1.165, 1.54) is 4.90 Å². The Hall–Kier alpha value is -3.88. The summed E-state index contributed by atoms with van der Waals surface area (Å²) in [5, 5.41) is 0. The zero-order valence-electron chi connectivity index (χ0n) is 21.0. The van der Waals surface area contributed by atoms with E-state index < -0.39 is 0 Å². The van der Waals surface area contributed by atoms with Crippen molar-refractivity contribution in [3.8, 4) is 5.75 Å². The number of pyridine rings is 1. The maximum atomic E-state index is 13.2. The van der Waals surface area contributed by atoms with Crippen molar-refractivity contribution in [2.24, 2.45) is 5.92 Å². The summed E-state index contributed by atoms with van der Waals surface area (Å²) in [4.78, 5) is 45.9. The van der Waals surface area contributed by atoms with Crippen LogP contribution < -0.4 is 4.74 Å². The van der Waals surface area contributed by atoms with Crippen LogP contribution in [0.1, 0.15) is 41.4 Å². The highest BCUT2D eigenvalue weighted by molar-refractivity contribution is 5.98. The van der Waals surface area contributed by atoms with Crippen molar-refractivity contribution < 1.29 is 23.9 Å². The molecule has 1 saturated heterocycles. The van der Waals surface area contributed by atoms with E-state index in [4.69, 9.17) is 9.47 Å². The molecule has 1 atom stereocenters. The second kappa shape index (κ2) is 11.2. The summed E-state index contributed by atoms with van der Waals surface area (Å²) in [6, 6.07) is 10.9. The topological polar surface area (TPSA) is 93.5 Å². The molecule has 0 N–H and O–H groups in total. The van der Waals surface area contributed by atoms with Crippen molar-refractivity contribution in [1.29, 1.82) is 0 Å². The van der Waals surface area contributed by atoms with E-state index in [0.29, 0.717) is 37.4 Å². The van der Waals surface area contributed by atoms with Gasteiger partial charge in [0.05, 0.1) is 30.3 Å². The average molecular weight is 493 g/mol. The number of nitrogens with zero attached hydrogens (tertiary/aromatic N) is 4. The molecular weight excluding hydrogens is 460 g/mol. The van der Waals surface area contributed by atoms with Crippen LogP contribution in [0.5, 0.6) is 5.75 Å². The molecule has 0 saturated carbocycles. The summed E-state index contributed by atoms with van der Waals surface area (Å²) in [7, 11) is 1.59. The lowest BCUT2D eigenvalue weighted by atomic mass is 9.98. The molecule has 1 aliphatic rings. The SMILES string of the molecule is CCOC(=O)C1CCCN(C(=O)CN(C)C(=O)c2ccccc2OCc2cn3cccc(C)c3n2)C1. The van der Waals surface area contributed by atoms with Gasteiger partial charge in [0.25, 0.3) is 5.91 Å². The van der Waals surface area contributed by atoms with Crippen LogP contribution in [0.3, 0.4) is 0 Å². The maximum Gasteiger partial charge on any atom is 0.310 e. The van der Waals surface area contributed by atoms with Crippen molar-refractivity contribution in [2.75, 3.05) is 33.3 Å². The molecule has 190 valence electrons. The lowest BCUT2D eigenvalue weighted by Gasteiger charge is -2.32. The number of hydrogen-bond donors (Lipinski definition) is 0. The largest absolute Gasteiger partial charge is 0.486 e. The van der Waals surface area contributed by atoms with Gasteiger partial charge < -0.3 is 23.7 Å². The van der Waals surface area contributed by atoms with E-state index in [9.17, 15) is 14.4 Å². The van der Waals surface area contributed by atoms with E-state index >= 15 is 0 Å². The molecule has 0 bridgehead atoms. The molecule has 1 unspecified atom stereocenters. The van der Waals surface area contributed by atoms with Gasteiger partial charge in [-0.25, -0.2) is 4.98 Å². The normalized spacial score (nSPS) is 15.5. The first-order valence-corrected chi connectivity index (χ1v) is 12.2. The third kappa shape index (κ3) is 5.67. The lowest BCUT2D eigenvalue weighted by molar-refractivity contribution is -0.151. The number of likely N-dealkylation sites (tertiary alicyclic amines) is 1. The highest BCUT2D eigenvalue weighted by Gasteiger charge is 2.30. The molecule has 3 aromatic rings. The third-order valence-electron chi connectivity index (χ3n) is 6.33. The Morgan fingerprint density at radius 2 is 1.97 bits per heavy atom. The van der Waals surface area contributed by atoms with Crippen molar-refractivity contribution in [2.45, 2.75) is 33.3 Å². The van der Waals surface area contributed by atoms with Crippen LogP contribution in [0.4, 0.5) is 0 Å². The number of aryl methyl sites for hydroxylation is 1. The van der Waals surface area contributed by atoms with Crippen molar-refractivity contribution in [1.82, 2.24) is 19.2 Å². The molecule has 0 radical (unpaired) electrons. The number of rotatable bonds is 8. The van der Waals surface area contributed by atoms with Gasteiger partial charge in [0, 0.05) is 32.5 Å². The molecule has 4 rings (SSSR count). The highest BCUT2D eigenvalue weighted by atomic mass is 16.5. The zero-order valence-corrected chi connectivity index (χ0v) is 21.0. The number of imidazole rings is 1. The van der Waals surface area contributed by atoms with Gasteiger partial charge in [-0.3, -0.25) is 14.4 Å². The zero-order chi connectivity index (χ0) is 25.7. The highest BCUT2D eigenvalue weighted by Crippen LogP contribution is 2.22. The molecule has 1 aromatic carbocycles. The second-order valence-corrected chi connectivity index (χ2v) is 9.03. The number of piperidine rings is 1. The molecule has 0 aliphatic carbocycles. The van der Waals surface area contributed by atoms with Crippen molar-refractivity contribution in [3.05, 3.63) is 65.6 Å².